The second-order valence-corrected chi connectivity index (χ2v) is 8.22. The molecule has 0 heterocycles. The van der Waals surface area contributed by atoms with Crippen molar-refractivity contribution in [3.8, 4) is 11.5 Å². The zero-order valence-corrected chi connectivity index (χ0v) is 16.9. The number of benzene rings is 3. The van der Waals surface area contributed by atoms with E-state index in [4.69, 9.17) is 9.47 Å². The van der Waals surface area contributed by atoms with Gasteiger partial charge >= 0.3 is 0 Å². The molecule has 0 N–H and O–H groups in total. The molecule has 3 aromatic carbocycles. The summed E-state index contributed by atoms with van der Waals surface area (Å²) in [4.78, 5) is 0.247. The van der Waals surface area contributed by atoms with Crippen molar-refractivity contribution in [3.05, 3.63) is 83.9 Å². The number of hydrogen-bond donors (Lipinski definition) is 0. The molecule has 0 aliphatic rings. The molecule has 0 aromatic heterocycles. The van der Waals surface area contributed by atoms with Gasteiger partial charge < -0.3 is 9.47 Å². The second kappa shape index (κ2) is 8.35. The average Bonchev–Trinajstić information content (AvgIpc) is 2.72. The molecule has 5 nitrogen and oxygen atoms in total. The molecule has 0 bridgehead atoms. The lowest BCUT2D eigenvalue weighted by Gasteiger charge is -2.25. The third-order valence-electron chi connectivity index (χ3n) is 4.39. The fourth-order valence-corrected chi connectivity index (χ4v) is 4.43. The summed E-state index contributed by atoms with van der Waals surface area (Å²) >= 11 is 0. The van der Waals surface area contributed by atoms with Crippen LogP contribution in [0, 0.1) is 6.92 Å². The van der Waals surface area contributed by atoms with Crippen LogP contribution in [0.4, 0.5) is 5.69 Å². The van der Waals surface area contributed by atoms with Crippen LogP contribution in [-0.2, 0) is 16.6 Å². The fraction of sp³-hybridized carbons (Fsp3) is 0.182. The maximum Gasteiger partial charge on any atom is 0.264 e. The monoisotopic (exact) mass is 397 g/mol. The number of aryl methyl sites for hydroxylation is 1. The predicted octanol–water partition coefficient (Wildman–Crippen LogP) is 4.41. The van der Waals surface area contributed by atoms with E-state index < -0.39 is 10.0 Å². The minimum atomic E-state index is -3.74. The molecule has 0 fully saturated rings. The molecular formula is C22H23NO4S. The average molecular weight is 397 g/mol. The quantitative estimate of drug-likeness (QED) is 0.593. The Morgan fingerprint density at radius 2 is 1.54 bits per heavy atom. The van der Waals surface area contributed by atoms with Crippen molar-refractivity contribution in [3.63, 3.8) is 0 Å². The van der Waals surface area contributed by atoms with Crippen LogP contribution in [0.3, 0.4) is 0 Å². The van der Waals surface area contributed by atoms with Crippen LogP contribution in [0.15, 0.2) is 77.7 Å². The Morgan fingerprint density at radius 1 is 0.821 bits per heavy atom. The summed E-state index contributed by atoms with van der Waals surface area (Å²) in [5.41, 5.74) is 2.38. The van der Waals surface area contributed by atoms with Crippen molar-refractivity contribution >= 4 is 15.7 Å². The maximum absolute atomic E-state index is 13.4. The number of sulfonamides is 1. The van der Waals surface area contributed by atoms with E-state index in [0.29, 0.717) is 17.2 Å². The third kappa shape index (κ3) is 4.12. The van der Waals surface area contributed by atoms with E-state index in [9.17, 15) is 8.42 Å². The van der Waals surface area contributed by atoms with Crippen LogP contribution < -0.4 is 13.8 Å². The zero-order valence-electron chi connectivity index (χ0n) is 16.1. The van der Waals surface area contributed by atoms with Gasteiger partial charge in [0.05, 0.1) is 31.3 Å². The van der Waals surface area contributed by atoms with Crippen LogP contribution >= 0.6 is 0 Å². The van der Waals surface area contributed by atoms with Gasteiger partial charge in [0.2, 0.25) is 0 Å². The van der Waals surface area contributed by atoms with E-state index in [1.807, 2.05) is 31.2 Å². The molecule has 146 valence electrons. The molecule has 0 unspecified atom stereocenters. The Morgan fingerprint density at radius 3 is 2.18 bits per heavy atom. The summed E-state index contributed by atoms with van der Waals surface area (Å²) < 4.78 is 38.8. The topological polar surface area (TPSA) is 55.8 Å². The van der Waals surface area contributed by atoms with Crippen molar-refractivity contribution in [2.24, 2.45) is 0 Å². The number of methoxy groups -OCH3 is 2. The van der Waals surface area contributed by atoms with E-state index >= 15 is 0 Å². The molecule has 0 spiro atoms. The first kappa shape index (κ1) is 19.8. The van der Waals surface area contributed by atoms with Gasteiger partial charge in [0, 0.05) is 0 Å². The predicted molar refractivity (Wildman–Crippen MR) is 111 cm³/mol. The van der Waals surface area contributed by atoms with Gasteiger partial charge in [-0.15, -0.1) is 0 Å². The number of rotatable bonds is 7. The molecule has 0 atom stereocenters. The maximum atomic E-state index is 13.4. The summed E-state index contributed by atoms with van der Waals surface area (Å²) in [5.74, 6) is 1.15. The van der Waals surface area contributed by atoms with Gasteiger partial charge in [-0.05, 0) is 54.4 Å². The Balaban J connectivity index is 2.07. The van der Waals surface area contributed by atoms with Crippen molar-refractivity contribution in [2.75, 3.05) is 18.5 Å². The Hall–Kier alpha value is -2.99. The Bertz CT molecular complexity index is 1050. The molecule has 0 amide bonds. The van der Waals surface area contributed by atoms with Crippen molar-refractivity contribution < 1.29 is 17.9 Å². The van der Waals surface area contributed by atoms with Gasteiger partial charge in [-0.3, -0.25) is 4.31 Å². The molecular weight excluding hydrogens is 374 g/mol. The van der Waals surface area contributed by atoms with Crippen LogP contribution in [0.5, 0.6) is 11.5 Å². The van der Waals surface area contributed by atoms with Crippen molar-refractivity contribution in [1.29, 1.82) is 0 Å². The molecule has 3 rings (SSSR count). The molecule has 3 aromatic rings. The number of nitrogens with zero attached hydrogens (tertiary/aromatic N) is 1. The smallest absolute Gasteiger partial charge is 0.264 e. The largest absolute Gasteiger partial charge is 0.493 e. The highest BCUT2D eigenvalue weighted by Gasteiger charge is 2.25. The molecule has 28 heavy (non-hydrogen) atoms. The third-order valence-corrected chi connectivity index (χ3v) is 6.18. The van der Waals surface area contributed by atoms with Gasteiger partial charge in [0.15, 0.2) is 11.5 Å². The van der Waals surface area contributed by atoms with Crippen LogP contribution in [-0.4, -0.2) is 22.6 Å². The van der Waals surface area contributed by atoms with Gasteiger partial charge in [-0.25, -0.2) is 8.42 Å². The Labute approximate surface area is 166 Å². The summed E-state index contributed by atoms with van der Waals surface area (Å²) in [6.07, 6.45) is 0. The van der Waals surface area contributed by atoms with E-state index in [0.717, 1.165) is 11.1 Å². The highest BCUT2D eigenvalue weighted by molar-refractivity contribution is 7.92. The first-order valence-corrected chi connectivity index (χ1v) is 10.2. The minimum Gasteiger partial charge on any atom is -0.493 e. The number of ether oxygens (including phenoxy) is 2. The van der Waals surface area contributed by atoms with Crippen molar-refractivity contribution in [1.82, 2.24) is 0 Å². The summed E-state index contributed by atoms with van der Waals surface area (Å²) in [6.45, 7) is 2.11. The highest BCUT2D eigenvalue weighted by Crippen LogP contribution is 2.31. The van der Waals surface area contributed by atoms with Crippen LogP contribution in [0.25, 0.3) is 0 Å². The first-order valence-electron chi connectivity index (χ1n) is 8.81. The molecule has 0 saturated heterocycles. The first-order chi connectivity index (χ1) is 13.5. The molecule has 6 heteroatoms. The minimum absolute atomic E-state index is 0.168. The highest BCUT2D eigenvalue weighted by atomic mass is 32.2. The molecule has 0 radical (unpaired) electrons. The summed E-state index contributed by atoms with van der Waals surface area (Å²) in [7, 11) is -0.621. The van der Waals surface area contributed by atoms with Gasteiger partial charge in [-0.1, -0.05) is 36.4 Å². The standard InChI is InChI=1S/C22H23NO4S/c1-17-8-7-9-19(14-17)23(28(24,25)20-10-5-4-6-11-20)16-18-12-13-21(26-2)22(15-18)27-3/h4-15H,16H2,1-3H3. The van der Waals surface area contributed by atoms with Gasteiger partial charge in [0.1, 0.15) is 0 Å². The zero-order chi connectivity index (χ0) is 20.1. The van der Waals surface area contributed by atoms with E-state index in [1.165, 1.54) is 4.31 Å². The molecule has 0 aliphatic carbocycles. The van der Waals surface area contributed by atoms with E-state index in [2.05, 4.69) is 0 Å². The normalized spacial score (nSPS) is 11.1. The van der Waals surface area contributed by atoms with E-state index in [-0.39, 0.29) is 11.4 Å². The van der Waals surface area contributed by atoms with Crippen molar-refractivity contribution in [2.45, 2.75) is 18.4 Å². The van der Waals surface area contributed by atoms with E-state index in [1.54, 1.807) is 62.8 Å². The summed E-state index contributed by atoms with van der Waals surface area (Å²) in [5, 5.41) is 0. The lowest BCUT2D eigenvalue weighted by molar-refractivity contribution is 0.354. The number of hydrogen-bond acceptors (Lipinski definition) is 4. The number of anilines is 1. The Kier molecular flexibility index (Phi) is 5.90. The molecule has 0 aliphatic heterocycles. The van der Waals surface area contributed by atoms with Gasteiger partial charge in [-0.2, -0.15) is 0 Å². The molecule has 0 saturated carbocycles. The fourth-order valence-electron chi connectivity index (χ4n) is 2.96. The lowest BCUT2D eigenvalue weighted by Crippen LogP contribution is -2.30. The van der Waals surface area contributed by atoms with Crippen LogP contribution in [0.1, 0.15) is 11.1 Å². The second-order valence-electron chi connectivity index (χ2n) is 6.35. The summed E-state index contributed by atoms with van der Waals surface area (Å²) in [6, 6.07) is 21.3. The van der Waals surface area contributed by atoms with Gasteiger partial charge in [0.25, 0.3) is 10.0 Å². The van der Waals surface area contributed by atoms with Crippen LogP contribution in [0.2, 0.25) is 0 Å². The lowest BCUT2D eigenvalue weighted by atomic mass is 10.2. The SMILES string of the molecule is COc1ccc(CN(c2cccc(C)c2)S(=O)(=O)c2ccccc2)cc1OC.